The third kappa shape index (κ3) is 8.11. The van der Waals surface area contributed by atoms with Crippen molar-refractivity contribution in [3.05, 3.63) is 105 Å². The lowest BCUT2D eigenvalue weighted by Gasteiger charge is -2.34. The summed E-state index contributed by atoms with van der Waals surface area (Å²) in [5.41, 5.74) is 4.35. The molecule has 1 atom stereocenters. The van der Waals surface area contributed by atoms with Gasteiger partial charge in [0.25, 0.3) is 0 Å². The summed E-state index contributed by atoms with van der Waals surface area (Å²) in [5, 5.41) is 4.06. The zero-order valence-electron chi connectivity index (χ0n) is 21.6. The van der Waals surface area contributed by atoms with Crippen molar-refractivity contribution in [1.82, 2.24) is 10.2 Å². The topological polar surface area (TPSA) is 49.4 Å². The minimum Gasteiger partial charge on any atom is -0.350 e. The number of hydrogen-bond acceptors (Lipinski definition) is 2. The van der Waals surface area contributed by atoms with Crippen LogP contribution in [0.1, 0.15) is 48.6 Å². The number of nitrogens with zero attached hydrogens (tertiary/aromatic N) is 1. The van der Waals surface area contributed by atoms with Gasteiger partial charge in [0.2, 0.25) is 11.8 Å². The van der Waals surface area contributed by atoms with Crippen LogP contribution >= 0.6 is 23.2 Å². The van der Waals surface area contributed by atoms with Gasteiger partial charge in [0.05, 0.1) is 6.42 Å². The van der Waals surface area contributed by atoms with E-state index in [9.17, 15) is 9.59 Å². The lowest BCUT2D eigenvalue weighted by molar-refractivity contribution is -0.141. The Bertz CT molecular complexity index is 1200. The Labute approximate surface area is 224 Å². The first-order chi connectivity index (χ1) is 16.9. The molecule has 0 aromatic heterocycles. The highest BCUT2D eigenvalue weighted by atomic mass is 35.5. The molecule has 0 aliphatic rings. The number of carbonyl (C=O) groups is 2. The van der Waals surface area contributed by atoms with E-state index < -0.39 is 11.6 Å². The van der Waals surface area contributed by atoms with Gasteiger partial charge in [0.15, 0.2) is 0 Å². The van der Waals surface area contributed by atoms with Gasteiger partial charge in [-0.2, -0.15) is 0 Å². The van der Waals surface area contributed by atoms with E-state index in [0.717, 1.165) is 27.8 Å². The van der Waals surface area contributed by atoms with Crippen LogP contribution in [0.4, 0.5) is 0 Å². The third-order valence-electron chi connectivity index (χ3n) is 5.76. The maximum Gasteiger partial charge on any atom is 0.243 e. The summed E-state index contributed by atoms with van der Waals surface area (Å²) in [6.45, 7) is 10.0. The molecule has 0 unspecified atom stereocenters. The monoisotopic (exact) mass is 524 g/mol. The average Bonchev–Trinajstić information content (AvgIpc) is 2.76. The van der Waals surface area contributed by atoms with Crippen molar-refractivity contribution in [2.45, 2.75) is 65.6 Å². The van der Waals surface area contributed by atoms with Crippen LogP contribution in [0.3, 0.4) is 0 Å². The van der Waals surface area contributed by atoms with Gasteiger partial charge in [-0.1, -0.05) is 88.9 Å². The van der Waals surface area contributed by atoms with Crippen molar-refractivity contribution < 1.29 is 9.59 Å². The van der Waals surface area contributed by atoms with E-state index in [1.807, 2.05) is 83.1 Å². The molecule has 0 aliphatic carbocycles. The molecule has 3 rings (SSSR count). The number of hydrogen-bond donors (Lipinski definition) is 1. The summed E-state index contributed by atoms with van der Waals surface area (Å²) in [5.74, 6) is -0.346. The molecule has 1 N–H and O–H groups in total. The molecule has 3 aromatic rings. The predicted octanol–water partition coefficient (Wildman–Crippen LogP) is 6.71. The molecular weight excluding hydrogens is 491 g/mol. The molecule has 0 heterocycles. The molecule has 0 radical (unpaired) electrons. The molecule has 6 heteroatoms. The number of nitrogens with one attached hydrogen (secondary N) is 1. The third-order valence-corrected chi connectivity index (χ3v) is 6.35. The molecule has 190 valence electrons. The van der Waals surface area contributed by atoms with Gasteiger partial charge in [0.1, 0.15) is 6.04 Å². The summed E-state index contributed by atoms with van der Waals surface area (Å²) >= 11 is 12.6. The van der Waals surface area contributed by atoms with Crippen LogP contribution in [0.15, 0.2) is 66.7 Å². The molecule has 0 saturated carbocycles. The van der Waals surface area contributed by atoms with E-state index in [0.29, 0.717) is 16.5 Å². The van der Waals surface area contributed by atoms with Gasteiger partial charge in [0, 0.05) is 28.5 Å². The van der Waals surface area contributed by atoms with Gasteiger partial charge in [-0.25, -0.2) is 0 Å². The average molecular weight is 526 g/mol. The van der Waals surface area contributed by atoms with Crippen molar-refractivity contribution in [2.24, 2.45) is 0 Å². The summed E-state index contributed by atoms with van der Waals surface area (Å²) in [6, 6.07) is 20.3. The van der Waals surface area contributed by atoms with Crippen LogP contribution < -0.4 is 5.32 Å². The zero-order chi connectivity index (χ0) is 26.5. The van der Waals surface area contributed by atoms with Gasteiger partial charge >= 0.3 is 0 Å². The Morgan fingerprint density at radius 2 is 1.53 bits per heavy atom. The molecule has 3 aromatic carbocycles. The molecule has 0 aliphatic heterocycles. The van der Waals surface area contributed by atoms with Gasteiger partial charge < -0.3 is 10.2 Å². The largest absolute Gasteiger partial charge is 0.350 e. The number of aryl methyl sites for hydroxylation is 2. The van der Waals surface area contributed by atoms with E-state index in [1.165, 1.54) is 0 Å². The first-order valence-corrected chi connectivity index (χ1v) is 12.8. The molecule has 36 heavy (non-hydrogen) atoms. The Kier molecular flexibility index (Phi) is 9.21. The zero-order valence-corrected chi connectivity index (χ0v) is 23.1. The fourth-order valence-corrected chi connectivity index (χ4v) is 4.76. The number of carbonyl (C=O) groups excluding carboxylic acids is 2. The normalized spacial score (nSPS) is 12.2. The lowest BCUT2D eigenvalue weighted by Crippen LogP contribution is -2.54. The SMILES string of the molecule is Cc1cc(C)cc(CC(=O)N(Cc2ccc(Cl)cc2Cl)[C@H](Cc2ccccc2)C(=O)NC(C)(C)C)c1. The van der Waals surface area contributed by atoms with Crippen LogP contribution in [0.5, 0.6) is 0 Å². The van der Waals surface area contributed by atoms with E-state index in [4.69, 9.17) is 23.2 Å². The standard InChI is InChI=1S/C30H34Cl2N2O2/c1-20-13-21(2)15-23(14-20)17-28(35)34(19-24-11-12-25(31)18-26(24)32)27(29(36)33-30(3,4)5)16-22-9-7-6-8-10-22/h6-15,18,27H,16-17,19H2,1-5H3,(H,33,36)/t27-/m1/s1. The maximum atomic E-state index is 13.9. The minimum absolute atomic E-state index is 0.143. The van der Waals surface area contributed by atoms with Crippen LogP contribution in [-0.2, 0) is 29.0 Å². The van der Waals surface area contributed by atoms with Crippen molar-refractivity contribution in [1.29, 1.82) is 0 Å². The summed E-state index contributed by atoms with van der Waals surface area (Å²) in [6.07, 6.45) is 0.564. The lowest BCUT2D eigenvalue weighted by atomic mass is 9.99. The Balaban J connectivity index is 2.04. The highest BCUT2D eigenvalue weighted by Crippen LogP contribution is 2.25. The number of halogens is 2. The second-order valence-electron chi connectivity index (χ2n) is 10.4. The highest BCUT2D eigenvalue weighted by molar-refractivity contribution is 6.35. The second kappa shape index (κ2) is 11.9. The minimum atomic E-state index is -0.725. The Morgan fingerprint density at radius 1 is 0.889 bits per heavy atom. The van der Waals surface area contributed by atoms with Crippen LogP contribution in [0.2, 0.25) is 10.0 Å². The van der Waals surface area contributed by atoms with Crippen molar-refractivity contribution in [2.75, 3.05) is 0 Å². The first kappa shape index (κ1) is 27.8. The highest BCUT2D eigenvalue weighted by Gasteiger charge is 2.32. The first-order valence-electron chi connectivity index (χ1n) is 12.1. The molecule has 0 bridgehead atoms. The van der Waals surface area contributed by atoms with Crippen LogP contribution in [0, 0.1) is 13.8 Å². The fraction of sp³-hybridized carbons (Fsp3) is 0.333. The summed E-state index contributed by atoms with van der Waals surface area (Å²) < 4.78 is 0. The molecular formula is C30H34Cl2N2O2. The number of benzene rings is 3. The van der Waals surface area contributed by atoms with E-state index >= 15 is 0 Å². The van der Waals surface area contributed by atoms with Gasteiger partial charge in [-0.15, -0.1) is 0 Å². The summed E-state index contributed by atoms with van der Waals surface area (Å²) in [7, 11) is 0. The smallest absolute Gasteiger partial charge is 0.243 e. The molecule has 0 fully saturated rings. The molecule has 0 saturated heterocycles. The van der Waals surface area contributed by atoms with Crippen LogP contribution in [0.25, 0.3) is 0 Å². The number of rotatable bonds is 8. The van der Waals surface area contributed by atoms with Gasteiger partial charge in [-0.3, -0.25) is 9.59 Å². The maximum absolute atomic E-state index is 13.9. The molecule has 2 amide bonds. The van der Waals surface area contributed by atoms with Crippen molar-refractivity contribution in [3.8, 4) is 0 Å². The molecule has 4 nitrogen and oxygen atoms in total. The van der Waals surface area contributed by atoms with E-state index in [1.54, 1.807) is 17.0 Å². The fourth-order valence-electron chi connectivity index (χ4n) is 4.29. The van der Waals surface area contributed by atoms with Crippen LogP contribution in [-0.4, -0.2) is 28.3 Å². The van der Waals surface area contributed by atoms with E-state index in [-0.39, 0.29) is 24.8 Å². The second-order valence-corrected chi connectivity index (χ2v) is 11.2. The quantitative estimate of drug-likeness (QED) is 0.356. The molecule has 0 spiro atoms. The predicted molar refractivity (Wildman–Crippen MR) is 148 cm³/mol. The van der Waals surface area contributed by atoms with Gasteiger partial charge in [-0.05, 0) is 63.4 Å². The summed E-state index contributed by atoms with van der Waals surface area (Å²) in [4.78, 5) is 29.2. The van der Waals surface area contributed by atoms with E-state index in [2.05, 4.69) is 11.4 Å². The van der Waals surface area contributed by atoms with Crippen molar-refractivity contribution >= 4 is 35.0 Å². The van der Waals surface area contributed by atoms with Crippen molar-refractivity contribution in [3.63, 3.8) is 0 Å². The Hall–Kier alpha value is -2.82. The Morgan fingerprint density at radius 3 is 2.11 bits per heavy atom. The number of amides is 2.